The van der Waals surface area contributed by atoms with Gasteiger partial charge in [-0.15, -0.1) is 0 Å². The first-order valence-corrected chi connectivity index (χ1v) is 10.9. The smallest absolute Gasteiger partial charge is 0.312 e. The summed E-state index contributed by atoms with van der Waals surface area (Å²) in [6.07, 6.45) is 2.09. The lowest BCUT2D eigenvalue weighted by Gasteiger charge is -2.35. The van der Waals surface area contributed by atoms with E-state index in [-0.39, 0.29) is 23.8 Å². The highest BCUT2D eigenvalue weighted by molar-refractivity contribution is 6.34. The summed E-state index contributed by atoms with van der Waals surface area (Å²) in [5.74, 6) is -0.780. The van der Waals surface area contributed by atoms with Crippen LogP contribution in [0.5, 0.6) is 11.5 Å². The molecule has 2 fully saturated rings. The molecule has 32 heavy (non-hydrogen) atoms. The molecule has 2 amide bonds. The van der Waals surface area contributed by atoms with Crippen molar-refractivity contribution in [3.05, 3.63) is 60.2 Å². The molecule has 4 rings (SSSR count). The molecule has 0 atom stereocenters. The molecule has 0 N–H and O–H groups in total. The second-order valence-electron chi connectivity index (χ2n) is 8.13. The molecule has 2 aliphatic heterocycles. The Balaban J connectivity index is 1.22. The standard InChI is InChI=1S/C24H26F2N2O4/c25-17-3-1-5-21(15-17)31-19-7-11-27(12-8-19)23(29)24(30)28-13-9-20(10-14-28)32-22-6-2-4-18(26)16-22/h1-6,15-16,19-20H,7-14H2. The van der Waals surface area contributed by atoms with E-state index in [0.717, 1.165) is 0 Å². The first kappa shape index (κ1) is 22.0. The van der Waals surface area contributed by atoms with E-state index in [4.69, 9.17) is 9.47 Å². The van der Waals surface area contributed by atoms with Gasteiger partial charge in [0, 0.05) is 64.0 Å². The molecule has 0 radical (unpaired) electrons. The maximum atomic E-state index is 13.3. The van der Waals surface area contributed by atoms with Gasteiger partial charge in [0.2, 0.25) is 0 Å². The van der Waals surface area contributed by atoms with Gasteiger partial charge in [-0.05, 0) is 24.3 Å². The molecule has 8 heteroatoms. The summed E-state index contributed by atoms with van der Waals surface area (Å²) in [7, 11) is 0. The van der Waals surface area contributed by atoms with Crippen LogP contribution in [0.3, 0.4) is 0 Å². The fraction of sp³-hybridized carbons (Fsp3) is 0.417. The van der Waals surface area contributed by atoms with Gasteiger partial charge in [0.25, 0.3) is 0 Å². The average Bonchev–Trinajstić information content (AvgIpc) is 2.79. The van der Waals surface area contributed by atoms with E-state index < -0.39 is 11.8 Å². The van der Waals surface area contributed by atoms with Crippen LogP contribution < -0.4 is 9.47 Å². The van der Waals surface area contributed by atoms with Gasteiger partial charge in [0.1, 0.15) is 35.3 Å². The van der Waals surface area contributed by atoms with Crippen molar-refractivity contribution in [2.45, 2.75) is 37.9 Å². The van der Waals surface area contributed by atoms with Crippen LogP contribution in [0.1, 0.15) is 25.7 Å². The quantitative estimate of drug-likeness (QED) is 0.679. The number of likely N-dealkylation sites (tertiary alicyclic amines) is 2. The Kier molecular flexibility index (Phi) is 6.87. The predicted octanol–water partition coefficient (Wildman–Crippen LogP) is 3.40. The molecule has 0 unspecified atom stereocenters. The summed E-state index contributed by atoms with van der Waals surface area (Å²) in [5, 5.41) is 0. The summed E-state index contributed by atoms with van der Waals surface area (Å²) >= 11 is 0. The Morgan fingerprint density at radius 1 is 0.688 bits per heavy atom. The van der Waals surface area contributed by atoms with E-state index in [0.29, 0.717) is 63.4 Å². The number of hydrogen-bond acceptors (Lipinski definition) is 4. The van der Waals surface area contributed by atoms with Crippen molar-refractivity contribution in [3.63, 3.8) is 0 Å². The van der Waals surface area contributed by atoms with Crippen molar-refractivity contribution in [1.82, 2.24) is 9.80 Å². The minimum absolute atomic E-state index is 0.119. The molecule has 2 aromatic carbocycles. The van der Waals surface area contributed by atoms with Crippen molar-refractivity contribution in [2.75, 3.05) is 26.2 Å². The number of nitrogens with zero attached hydrogens (tertiary/aromatic N) is 2. The largest absolute Gasteiger partial charge is 0.490 e. The molecule has 0 aromatic heterocycles. The number of amides is 2. The summed E-state index contributed by atoms with van der Waals surface area (Å²) in [6.45, 7) is 1.68. The van der Waals surface area contributed by atoms with Crippen LogP contribution in [0.4, 0.5) is 8.78 Å². The molecule has 0 aliphatic carbocycles. The van der Waals surface area contributed by atoms with Crippen LogP contribution in [0.2, 0.25) is 0 Å². The van der Waals surface area contributed by atoms with E-state index in [1.807, 2.05) is 0 Å². The van der Waals surface area contributed by atoms with Crippen molar-refractivity contribution >= 4 is 11.8 Å². The predicted molar refractivity (Wildman–Crippen MR) is 113 cm³/mol. The molecule has 0 spiro atoms. The van der Waals surface area contributed by atoms with Gasteiger partial charge < -0.3 is 19.3 Å². The number of halogens is 2. The molecule has 0 bridgehead atoms. The maximum absolute atomic E-state index is 13.3. The second-order valence-corrected chi connectivity index (χ2v) is 8.13. The lowest BCUT2D eigenvalue weighted by atomic mass is 10.1. The number of carbonyl (C=O) groups is 2. The lowest BCUT2D eigenvalue weighted by Crippen LogP contribution is -2.51. The summed E-state index contributed by atoms with van der Waals surface area (Å²) in [4.78, 5) is 28.5. The number of carbonyl (C=O) groups excluding carboxylic acids is 2. The van der Waals surface area contributed by atoms with Crippen LogP contribution in [-0.2, 0) is 9.59 Å². The van der Waals surface area contributed by atoms with Crippen LogP contribution in [0.25, 0.3) is 0 Å². The van der Waals surface area contributed by atoms with Crippen LogP contribution in [0.15, 0.2) is 48.5 Å². The molecular formula is C24H26F2N2O4. The lowest BCUT2D eigenvalue weighted by molar-refractivity contribution is -0.153. The van der Waals surface area contributed by atoms with Crippen molar-refractivity contribution in [2.24, 2.45) is 0 Å². The Morgan fingerprint density at radius 3 is 1.41 bits per heavy atom. The van der Waals surface area contributed by atoms with Gasteiger partial charge in [0.05, 0.1) is 0 Å². The minimum atomic E-state index is -0.501. The van der Waals surface area contributed by atoms with Gasteiger partial charge in [-0.3, -0.25) is 9.59 Å². The van der Waals surface area contributed by atoms with Crippen LogP contribution in [0, 0.1) is 11.6 Å². The number of ether oxygens (including phenoxy) is 2. The molecule has 2 saturated heterocycles. The number of hydrogen-bond donors (Lipinski definition) is 0. The van der Waals surface area contributed by atoms with Gasteiger partial charge in [0.15, 0.2) is 0 Å². The zero-order valence-corrected chi connectivity index (χ0v) is 17.7. The molecule has 2 aromatic rings. The highest BCUT2D eigenvalue weighted by atomic mass is 19.1. The molecule has 2 heterocycles. The maximum Gasteiger partial charge on any atom is 0.312 e. The Labute approximate surface area is 185 Å². The molecular weight excluding hydrogens is 418 g/mol. The van der Waals surface area contributed by atoms with Gasteiger partial charge in [-0.1, -0.05) is 12.1 Å². The zero-order valence-electron chi connectivity index (χ0n) is 17.7. The van der Waals surface area contributed by atoms with Gasteiger partial charge in [-0.25, -0.2) is 8.78 Å². The third-order valence-electron chi connectivity index (χ3n) is 5.84. The molecule has 0 saturated carbocycles. The minimum Gasteiger partial charge on any atom is -0.490 e. The third kappa shape index (κ3) is 5.55. The van der Waals surface area contributed by atoms with Crippen LogP contribution >= 0.6 is 0 Å². The fourth-order valence-corrected chi connectivity index (χ4v) is 4.09. The third-order valence-corrected chi connectivity index (χ3v) is 5.84. The Bertz CT molecular complexity index is 877. The summed E-state index contributed by atoms with van der Waals surface area (Å²) in [5.41, 5.74) is 0. The molecule has 2 aliphatic rings. The summed E-state index contributed by atoms with van der Waals surface area (Å²) in [6, 6.07) is 12.0. The SMILES string of the molecule is O=C(C(=O)N1CCC(Oc2cccc(F)c2)CC1)N1CCC(Oc2cccc(F)c2)CC1. The van der Waals surface area contributed by atoms with E-state index in [1.165, 1.54) is 24.3 Å². The van der Waals surface area contributed by atoms with Gasteiger partial charge >= 0.3 is 11.8 Å². The van der Waals surface area contributed by atoms with E-state index in [9.17, 15) is 18.4 Å². The first-order valence-electron chi connectivity index (χ1n) is 10.9. The monoisotopic (exact) mass is 444 g/mol. The highest BCUT2D eigenvalue weighted by Crippen LogP contribution is 2.22. The zero-order chi connectivity index (χ0) is 22.5. The number of piperidine rings is 2. The Morgan fingerprint density at radius 2 is 1.06 bits per heavy atom. The topological polar surface area (TPSA) is 59.1 Å². The van der Waals surface area contributed by atoms with E-state index in [2.05, 4.69) is 0 Å². The molecule has 6 nitrogen and oxygen atoms in total. The average molecular weight is 444 g/mol. The first-order chi connectivity index (χ1) is 15.5. The highest BCUT2D eigenvalue weighted by Gasteiger charge is 2.33. The van der Waals surface area contributed by atoms with Crippen molar-refractivity contribution < 1.29 is 27.8 Å². The Hall–Kier alpha value is -3.16. The van der Waals surface area contributed by atoms with Crippen molar-refractivity contribution in [3.8, 4) is 11.5 Å². The van der Waals surface area contributed by atoms with Crippen molar-refractivity contribution in [1.29, 1.82) is 0 Å². The number of benzene rings is 2. The normalized spacial score (nSPS) is 17.8. The van der Waals surface area contributed by atoms with Crippen LogP contribution in [-0.4, -0.2) is 60.0 Å². The summed E-state index contributed by atoms with van der Waals surface area (Å²) < 4.78 is 38.2. The number of rotatable bonds is 4. The van der Waals surface area contributed by atoms with Gasteiger partial charge in [-0.2, -0.15) is 0 Å². The van der Waals surface area contributed by atoms with E-state index >= 15 is 0 Å². The fourth-order valence-electron chi connectivity index (χ4n) is 4.09. The second kappa shape index (κ2) is 9.97. The molecule has 170 valence electrons. The van der Waals surface area contributed by atoms with E-state index in [1.54, 1.807) is 34.1 Å².